The van der Waals surface area contributed by atoms with Gasteiger partial charge >= 0.3 is 0 Å². The molecule has 1 aliphatic heterocycles. The molecule has 1 heterocycles. The van der Waals surface area contributed by atoms with Gasteiger partial charge in [0.15, 0.2) is 0 Å². The summed E-state index contributed by atoms with van der Waals surface area (Å²) in [7, 11) is 0. The van der Waals surface area contributed by atoms with Crippen molar-refractivity contribution < 1.29 is 14.0 Å². The predicted molar refractivity (Wildman–Crippen MR) is 121 cm³/mol. The molecule has 1 fully saturated rings. The molecule has 0 saturated heterocycles. The average molecular weight is 429 g/mol. The van der Waals surface area contributed by atoms with E-state index in [0.717, 1.165) is 35.1 Å². The number of nitrogens with one attached hydrogen (secondary N) is 1. The van der Waals surface area contributed by atoms with Crippen molar-refractivity contribution in [2.45, 2.75) is 44.3 Å². The van der Waals surface area contributed by atoms with Crippen molar-refractivity contribution in [1.82, 2.24) is 10.2 Å². The van der Waals surface area contributed by atoms with Crippen LogP contribution in [0.15, 0.2) is 72.8 Å². The molecule has 2 amide bonds. The summed E-state index contributed by atoms with van der Waals surface area (Å²) in [5, 5.41) is 3.04. The van der Waals surface area contributed by atoms with Gasteiger partial charge in [0.2, 0.25) is 5.91 Å². The number of halogens is 1. The van der Waals surface area contributed by atoms with E-state index in [0.29, 0.717) is 12.1 Å². The largest absolute Gasteiger partial charge is 0.351 e. The summed E-state index contributed by atoms with van der Waals surface area (Å²) in [6, 6.07) is 21.4. The molecule has 3 aromatic carbocycles. The van der Waals surface area contributed by atoms with Crippen molar-refractivity contribution >= 4 is 11.8 Å². The molecule has 2 aliphatic rings. The Balaban J connectivity index is 1.55. The monoisotopic (exact) mass is 428 g/mol. The second-order valence-electron chi connectivity index (χ2n) is 8.71. The van der Waals surface area contributed by atoms with E-state index in [1.54, 1.807) is 12.1 Å². The number of carbonyl (C=O) groups excluding carboxylic acids is 2. The van der Waals surface area contributed by atoms with Gasteiger partial charge in [0, 0.05) is 18.2 Å². The van der Waals surface area contributed by atoms with E-state index in [2.05, 4.69) is 11.4 Å². The molecule has 0 aromatic heterocycles. The summed E-state index contributed by atoms with van der Waals surface area (Å²) in [5.74, 6) is -0.963. The zero-order chi connectivity index (χ0) is 22.2. The maximum Gasteiger partial charge on any atom is 0.254 e. The van der Waals surface area contributed by atoms with E-state index in [1.807, 2.05) is 54.3 Å². The van der Waals surface area contributed by atoms with E-state index in [1.165, 1.54) is 12.1 Å². The van der Waals surface area contributed by atoms with Crippen LogP contribution < -0.4 is 5.32 Å². The number of hydrogen-bond acceptors (Lipinski definition) is 2. The van der Waals surface area contributed by atoms with Crippen LogP contribution in [0, 0.1) is 12.7 Å². The highest BCUT2D eigenvalue weighted by atomic mass is 19.1. The molecule has 32 heavy (non-hydrogen) atoms. The normalized spacial score (nSPS) is 20.1. The summed E-state index contributed by atoms with van der Waals surface area (Å²) < 4.78 is 13.2. The second-order valence-corrected chi connectivity index (χ2v) is 8.71. The lowest BCUT2D eigenvalue weighted by Crippen LogP contribution is -2.48. The molecule has 1 aliphatic carbocycles. The highest BCUT2D eigenvalue weighted by Gasteiger charge is 2.48. The van der Waals surface area contributed by atoms with Gasteiger partial charge in [-0.05, 0) is 54.7 Å². The summed E-state index contributed by atoms with van der Waals surface area (Å²) in [4.78, 5) is 29.1. The van der Waals surface area contributed by atoms with Crippen molar-refractivity contribution in [1.29, 1.82) is 0 Å². The van der Waals surface area contributed by atoms with Crippen LogP contribution in [-0.2, 0) is 11.3 Å². The topological polar surface area (TPSA) is 49.4 Å². The minimum Gasteiger partial charge on any atom is -0.351 e. The Hall–Kier alpha value is -3.47. The highest BCUT2D eigenvalue weighted by molar-refractivity contribution is 6.01. The molecular weight excluding hydrogens is 403 g/mol. The molecule has 2 atom stereocenters. The third-order valence-electron chi connectivity index (χ3n) is 6.36. The molecule has 162 valence electrons. The Labute approximate surface area is 187 Å². The molecule has 5 rings (SSSR count). The van der Waals surface area contributed by atoms with Crippen LogP contribution in [0.5, 0.6) is 0 Å². The van der Waals surface area contributed by atoms with Crippen LogP contribution in [0.3, 0.4) is 0 Å². The molecule has 2 unspecified atom stereocenters. The van der Waals surface area contributed by atoms with Gasteiger partial charge in [-0.25, -0.2) is 4.39 Å². The molecular formula is C27H25FN2O2. The van der Waals surface area contributed by atoms with Crippen molar-refractivity contribution in [2.75, 3.05) is 0 Å². The first-order valence-electron chi connectivity index (χ1n) is 11.0. The number of aryl methyl sites for hydroxylation is 1. The van der Waals surface area contributed by atoms with Crippen molar-refractivity contribution in [3.63, 3.8) is 0 Å². The van der Waals surface area contributed by atoms with Gasteiger partial charge in [0.05, 0.1) is 12.0 Å². The van der Waals surface area contributed by atoms with Crippen molar-refractivity contribution in [2.24, 2.45) is 0 Å². The number of rotatable bonds is 5. The van der Waals surface area contributed by atoms with Crippen LogP contribution in [0.25, 0.3) is 0 Å². The standard InChI is InChI=1S/C27H25FN2O2/c1-17-5-4-6-19(15-17)25-24(26(31)29-16-18-9-11-20(28)12-10-18)22-7-2-3-8-23(22)27(32)30(25)21-13-14-21/h2-12,15,21,24-25H,13-14,16H2,1H3,(H,29,31). The third-order valence-corrected chi connectivity index (χ3v) is 6.36. The van der Waals surface area contributed by atoms with Crippen molar-refractivity contribution in [3.8, 4) is 0 Å². The fourth-order valence-corrected chi connectivity index (χ4v) is 4.70. The molecule has 1 saturated carbocycles. The van der Waals surface area contributed by atoms with Gasteiger partial charge in [-0.2, -0.15) is 0 Å². The molecule has 3 aromatic rings. The van der Waals surface area contributed by atoms with E-state index in [-0.39, 0.29) is 29.7 Å². The number of carbonyl (C=O) groups is 2. The zero-order valence-corrected chi connectivity index (χ0v) is 17.9. The molecule has 5 heteroatoms. The summed E-state index contributed by atoms with van der Waals surface area (Å²) in [6.07, 6.45) is 1.92. The van der Waals surface area contributed by atoms with E-state index in [4.69, 9.17) is 0 Å². The first-order valence-corrected chi connectivity index (χ1v) is 11.0. The number of benzene rings is 3. The summed E-state index contributed by atoms with van der Waals surface area (Å²) >= 11 is 0. The van der Waals surface area contributed by atoms with Gasteiger partial charge in [0.25, 0.3) is 5.91 Å². The quantitative estimate of drug-likeness (QED) is 0.629. The summed E-state index contributed by atoms with van der Waals surface area (Å²) in [6.45, 7) is 2.32. The van der Waals surface area contributed by atoms with Crippen LogP contribution in [0.1, 0.15) is 57.4 Å². The lowest BCUT2D eigenvalue weighted by atomic mass is 9.78. The van der Waals surface area contributed by atoms with E-state index in [9.17, 15) is 14.0 Å². The maximum absolute atomic E-state index is 13.6. The fraction of sp³-hybridized carbons (Fsp3) is 0.259. The van der Waals surface area contributed by atoms with Crippen molar-refractivity contribution in [3.05, 3.63) is 106 Å². The lowest BCUT2D eigenvalue weighted by Gasteiger charge is -2.42. The maximum atomic E-state index is 13.6. The number of fused-ring (bicyclic) bond motifs is 1. The molecule has 4 nitrogen and oxygen atoms in total. The average Bonchev–Trinajstić information content (AvgIpc) is 3.63. The van der Waals surface area contributed by atoms with E-state index < -0.39 is 5.92 Å². The fourth-order valence-electron chi connectivity index (χ4n) is 4.70. The Kier molecular flexibility index (Phi) is 5.25. The third kappa shape index (κ3) is 3.79. The van der Waals surface area contributed by atoms with Crippen LogP contribution in [0.2, 0.25) is 0 Å². The van der Waals surface area contributed by atoms with Gasteiger partial charge in [-0.15, -0.1) is 0 Å². The molecule has 0 spiro atoms. The molecule has 0 bridgehead atoms. The zero-order valence-electron chi connectivity index (χ0n) is 17.9. The number of nitrogens with zero attached hydrogens (tertiary/aromatic N) is 1. The lowest BCUT2D eigenvalue weighted by molar-refractivity contribution is -0.124. The minimum atomic E-state index is -0.522. The SMILES string of the molecule is Cc1cccc(C2C(C(=O)NCc3ccc(F)cc3)c3ccccc3C(=O)N2C2CC2)c1. The molecule has 0 radical (unpaired) electrons. The van der Waals surface area contributed by atoms with Crippen LogP contribution in [-0.4, -0.2) is 22.8 Å². The first-order chi connectivity index (χ1) is 15.5. The predicted octanol–water partition coefficient (Wildman–Crippen LogP) is 4.89. The highest BCUT2D eigenvalue weighted by Crippen LogP contribution is 2.47. The first kappa shape index (κ1) is 20.4. The minimum absolute atomic E-state index is 0.00260. The Morgan fingerprint density at radius 2 is 1.78 bits per heavy atom. The summed E-state index contributed by atoms with van der Waals surface area (Å²) in [5.41, 5.74) is 4.26. The Morgan fingerprint density at radius 3 is 2.50 bits per heavy atom. The van der Waals surface area contributed by atoms with Gasteiger partial charge in [-0.1, -0.05) is 60.2 Å². The Bertz CT molecular complexity index is 1170. The van der Waals surface area contributed by atoms with E-state index >= 15 is 0 Å². The Morgan fingerprint density at radius 1 is 1.03 bits per heavy atom. The number of amides is 2. The van der Waals surface area contributed by atoms with Gasteiger partial charge in [-0.3, -0.25) is 9.59 Å². The number of hydrogen-bond donors (Lipinski definition) is 1. The smallest absolute Gasteiger partial charge is 0.254 e. The van der Waals surface area contributed by atoms with Gasteiger partial charge < -0.3 is 10.2 Å². The second kappa shape index (κ2) is 8.23. The molecule has 1 N–H and O–H groups in total. The van der Waals surface area contributed by atoms with Crippen LogP contribution in [0.4, 0.5) is 4.39 Å². The van der Waals surface area contributed by atoms with Crippen LogP contribution >= 0.6 is 0 Å². The van der Waals surface area contributed by atoms with Gasteiger partial charge in [0.1, 0.15) is 5.82 Å².